The highest BCUT2D eigenvalue weighted by Gasteiger charge is 1.91. The van der Waals surface area contributed by atoms with Gasteiger partial charge in [0, 0.05) is 13.2 Å². The van der Waals surface area contributed by atoms with Crippen molar-refractivity contribution in [1.29, 1.82) is 0 Å². The van der Waals surface area contributed by atoms with E-state index >= 15 is 0 Å². The SMILES string of the molecule is CCCCCCCOCCOCCNS. The van der Waals surface area contributed by atoms with E-state index in [0.29, 0.717) is 19.8 Å². The molecule has 0 atom stereocenters. The van der Waals surface area contributed by atoms with Gasteiger partial charge in [-0.3, -0.25) is 4.72 Å². The lowest BCUT2D eigenvalue weighted by Crippen LogP contribution is -2.13. The Balaban J connectivity index is 2.81. The summed E-state index contributed by atoms with van der Waals surface area (Å²) < 4.78 is 13.4. The number of ether oxygens (including phenoxy) is 2. The van der Waals surface area contributed by atoms with Gasteiger partial charge in [0.05, 0.1) is 19.8 Å². The molecule has 0 rings (SSSR count). The van der Waals surface area contributed by atoms with Gasteiger partial charge in [0.1, 0.15) is 0 Å². The topological polar surface area (TPSA) is 30.5 Å². The van der Waals surface area contributed by atoms with Crippen molar-refractivity contribution in [3.63, 3.8) is 0 Å². The molecule has 0 saturated heterocycles. The Morgan fingerprint density at radius 2 is 1.53 bits per heavy atom. The van der Waals surface area contributed by atoms with Gasteiger partial charge in [0.15, 0.2) is 0 Å². The molecule has 0 unspecified atom stereocenters. The van der Waals surface area contributed by atoms with Crippen molar-refractivity contribution in [2.75, 3.05) is 33.0 Å². The lowest BCUT2D eigenvalue weighted by Gasteiger charge is -2.05. The van der Waals surface area contributed by atoms with E-state index in [4.69, 9.17) is 9.47 Å². The molecule has 0 amide bonds. The average Bonchev–Trinajstić information content (AvgIpc) is 2.26. The van der Waals surface area contributed by atoms with Crippen molar-refractivity contribution in [2.45, 2.75) is 39.0 Å². The summed E-state index contributed by atoms with van der Waals surface area (Å²) in [6.45, 7) is 5.97. The molecule has 0 aromatic carbocycles. The Kier molecular flexibility index (Phi) is 14.4. The van der Waals surface area contributed by atoms with E-state index in [1.165, 1.54) is 32.1 Å². The normalized spacial score (nSPS) is 10.8. The minimum absolute atomic E-state index is 0.685. The smallest absolute Gasteiger partial charge is 0.0701 e. The van der Waals surface area contributed by atoms with E-state index in [0.717, 1.165) is 13.2 Å². The summed E-state index contributed by atoms with van der Waals surface area (Å²) in [6.07, 6.45) is 6.45. The molecule has 3 nitrogen and oxygen atoms in total. The lowest BCUT2D eigenvalue weighted by atomic mass is 10.2. The molecule has 15 heavy (non-hydrogen) atoms. The standard InChI is InChI=1S/C11H25NO2S/c1-2-3-4-5-6-8-13-10-11-14-9-7-12-15/h12,15H,2-11H2,1H3. The van der Waals surface area contributed by atoms with Gasteiger partial charge in [-0.1, -0.05) is 45.4 Å². The first kappa shape index (κ1) is 15.2. The molecular formula is C11H25NO2S. The third kappa shape index (κ3) is 14.2. The Labute approximate surface area is 99.5 Å². The first-order chi connectivity index (χ1) is 7.41. The molecule has 0 heterocycles. The van der Waals surface area contributed by atoms with Gasteiger partial charge in [0.2, 0.25) is 0 Å². The second-order valence-electron chi connectivity index (χ2n) is 3.55. The quantitative estimate of drug-likeness (QED) is 0.402. The van der Waals surface area contributed by atoms with Crippen LogP contribution in [-0.4, -0.2) is 33.0 Å². The van der Waals surface area contributed by atoms with Crippen LogP contribution in [0.25, 0.3) is 0 Å². The summed E-state index contributed by atoms with van der Waals surface area (Å²) >= 11 is 3.86. The second-order valence-corrected chi connectivity index (χ2v) is 3.86. The third-order valence-corrected chi connectivity index (χ3v) is 2.35. The van der Waals surface area contributed by atoms with Crippen LogP contribution in [0.5, 0.6) is 0 Å². The van der Waals surface area contributed by atoms with E-state index in [2.05, 4.69) is 24.5 Å². The van der Waals surface area contributed by atoms with Crippen molar-refractivity contribution in [1.82, 2.24) is 4.72 Å². The Morgan fingerprint density at radius 1 is 0.867 bits per heavy atom. The molecule has 0 aromatic heterocycles. The summed E-state index contributed by atoms with van der Waals surface area (Å²) in [7, 11) is 0. The number of nitrogens with one attached hydrogen (secondary N) is 1. The van der Waals surface area contributed by atoms with Crippen molar-refractivity contribution in [3.8, 4) is 0 Å². The van der Waals surface area contributed by atoms with Crippen LogP contribution in [0, 0.1) is 0 Å². The molecular weight excluding hydrogens is 210 g/mol. The zero-order valence-electron chi connectivity index (χ0n) is 9.83. The number of unbranched alkanes of at least 4 members (excludes halogenated alkanes) is 4. The Morgan fingerprint density at radius 3 is 2.20 bits per heavy atom. The lowest BCUT2D eigenvalue weighted by molar-refractivity contribution is 0.0486. The molecule has 0 aromatic rings. The van der Waals surface area contributed by atoms with Gasteiger partial charge >= 0.3 is 0 Å². The van der Waals surface area contributed by atoms with E-state index in [9.17, 15) is 0 Å². The number of hydrogen-bond acceptors (Lipinski definition) is 4. The van der Waals surface area contributed by atoms with Gasteiger partial charge in [-0.2, -0.15) is 0 Å². The molecule has 0 aliphatic heterocycles. The molecule has 0 fully saturated rings. The average molecular weight is 235 g/mol. The van der Waals surface area contributed by atoms with Crippen molar-refractivity contribution < 1.29 is 9.47 Å². The zero-order chi connectivity index (χ0) is 11.2. The van der Waals surface area contributed by atoms with Gasteiger partial charge in [-0.25, -0.2) is 0 Å². The van der Waals surface area contributed by atoms with Gasteiger partial charge in [0.25, 0.3) is 0 Å². The molecule has 0 radical (unpaired) electrons. The fourth-order valence-electron chi connectivity index (χ4n) is 1.25. The van der Waals surface area contributed by atoms with Crippen molar-refractivity contribution >= 4 is 12.8 Å². The van der Waals surface area contributed by atoms with Gasteiger partial charge in [-0.05, 0) is 6.42 Å². The van der Waals surface area contributed by atoms with E-state index < -0.39 is 0 Å². The minimum atomic E-state index is 0.685. The summed E-state index contributed by atoms with van der Waals surface area (Å²) in [4.78, 5) is 0. The van der Waals surface area contributed by atoms with Crippen LogP contribution in [0.4, 0.5) is 0 Å². The summed E-state index contributed by atoms with van der Waals surface area (Å²) in [5.74, 6) is 0. The minimum Gasteiger partial charge on any atom is -0.379 e. The van der Waals surface area contributed by atoms with Crippen LogP contribution in [0.15, 0.2) is 0 Å². The molecule has 0 bridgehead atoms. The second kappa shape index (κ2) is 14.2. The van der Waals surface area contributed by atoms with Crippen LogP contribution in [0.2, 0.25) is 0 Å². The van der Waals surface area contributed by atoms with Crippen molar-refractivity contribution in [2.24, 2.45) is 0 Å². The number of rotatable bonds is 12. The van der Waals surface area contributed by atoms with E-state index in [1.807, 2.05) is 0 Å². The van der Waals surface area contributed by atoms with Gasteiger partial charge < -0.3 is 9.47 Å². The maximum absolute atomic E-state index is 5.43. The number of hydrogen-bond donors (Lipinski definition) is 2. The van der Waals surface area contributed by atoms with Crippen molar-refractivity contribution in [3.05, 3.63) is 0 Å². The fourth-order valence-corrected chi connectivity index (χ4v) is 1.34. The maximum atomic E-state index is 5.43. The molecule has 0 aliphatic carbocycles. The highest BCUT2D eigenvalue weighted by molar-refractivity contribution is 7.78. The molecule has 4 heteroatoms. The third-order valence-electron chi connectivity index (χ3n) is 2.12. The van der Waals surface area contributed by atoms with Crippen LogP contribution < -0.4 is 4.72 Å². The van der Waals surface area contributed by atoms with Gasteiger partial charge in [-0.15, -0.1) is 0 Å². The van der Waals surface area contributed by atoms with Crippen LogP contribution >= 0.6 is 12.8 Å². The largest absolute Gasteiger partial charge is 0.379 e. The zero-order valence-corrected chi connectivity index (χ0v) is 10.7. The summed E-state index contributed by atoms with van der Waals surface area (Å²) in [6, 6.07) is 0. The number of thiol groups is 1. The molecule has 0 aliphatic rings. The highest BCUT2D eigenvalue weighted by Crippen LogP contribution is 2.01. The molecule has 0 spiro atoms. The Bertz CT molecular complexity index is 103. The molecule has 0 saturated carbocycles. The van der Waals surface area contributed by atoms with E-state index in [-0.39, 0.29) is 0 Å². The first-order valence-corrected chi connectivity index (χ1v) is 6.39. The highest BCUT2D eigenvalue weighted by atomic mass is 32.1. The van der Waals surface area contributed by atoms with E-state index in [1.54, 1.807) is 0 Å². The predicted octanol–water partition coefficient (Wildman–Crippen LogP) is 2.42. The van der Waals surface area contributed by atoms with Crippen LogP contribution in [-0.2, 0) is 9.47 Å². The Hall–Kier alpha value is 0.230. The predicted molar refractivity (Wildman–Crippen MR) is 67.4 cm³/mol. The molecule has 92 valence electrons. The summed E-state index contributed by atoms with van der Waals surface area (Å²) in [5, 5.41) is 0. The molecule has 1 N–H and O–H groups in total. The maximum Gasteiger partial charge on any atom is 0.0701 e. The summed E-state index contributed by atoms with van der Waals surface area (Å²) in [5.41, 5.74) is 0. The first-order valence-electron chi connectivity index (χ1n) is 5.94. The fraction of sp³-hybridized carbons (Fsp3) is 1.00. The van der Waals surface area contributed by atoms with Crippen LogP contribution in [0.1, 0.15) is 39.0 Å². The van der Waals surface area contributed by atoms with Crippen LogP contribution in [0.3, 0.4) is 0 Å². The monoisotopic (exact) mass is 235 g/mol.